The number of aliphatic hydroxyl groups is 1. The maximum absolute atomic E-state index is 14.5. The maximum atomic E-state index is 14.5. The highest BCUT2D eigenvalue weighted by atomic mass is 19.1. The van der Waals surface area contributed by atoms with Crippen LogP contribution in [0.15, 0.2) is 73.1 Å². The number of hydrogen-bond donors (Lipinski definition) is 5. The zero-order valence-corrected chi connectivity index (χ0v) is 22.1. The molecule has 0 spiro atoms. The monoisotopic (exact) mass is 559 g/mol. The predicted molar refractivity (Wildman–Crippen MR) is 153 cm³/mol. The van der Waals surface area contributed by atoms with Crippen molar-refractivity contribution in [2.45, 2.75) is 0 Å². The molecule has 1 aliphatic rings. The maximum Gasteiger partial charge on any atom is 0.289 e. The Balaban J connectivity index is 1.18. The molecule has 3 heterocycles. The number of phenolic OH excluding ortho intramolecular Hbond substituents is 1. The van der Waals surface area contributed by atoms with E-state index < -0.39 is 11.7 Å². The van der Waals surface area contributed by atoms with Gasteiger partial charge in [0.25, 0.3) is 11.9 Å². The lowest BCUT2D eigenvalue weighted by atomic mass is 10.1. The quantitative estimate of drug-likeness (QED) is 0.151. The molecule has 0 bridgehead atoms. The number of aromatic nitrogens is 3. The summed E-state index contributed by atoms with van der Waals surface area (Å²) in [4.78, 5) is 28.9. The summed E-state index contributed by atoms with van der Waals surface area (Å²) < 4.78 is 14.5. The first-order valence-electron chi connectivity index (χ1n) is 13.0. The minimum absolute atomic E-state index is 0.0677. The van der Waals surface area contributed by atoms with Crippen molar-refractivity contribution < 1.29 is 19.4 Å². The number of halogens is 1. The minimum Gasteiger partial charge on any atom is -0.508 e. The number of nitrogens with zero attached hydrogens (tertiary/aromatic N) is 6. The van der Waals surface area contributed by atoms with Gasteiger partial charge < -0.3 is 20.4 Å². The van der Waals surface area contributed by atoms with Crippen LogP contribution in [0.3, 0.4) is 0 Å². The summed E-state index contributed by atoms with van der Waals surface area (Å²) in [6.45, 7) is 2.99. The summed E-state index contributed by atoms with van der Waals surface area (Å²) in [6, 6.07) is 17.9. The molecule has 1 amide bonds. The smallest absolute Gasteiger partial charge is 0.289 e. The molecule has 41 heavy (non-hydrogen) atoms. The van der Waals surface area contributed by atoms with E-state index >= 15 is 0 Å². The molecule has 0 aliphatic carbocycles. The zero-order chi connectivity index (χ0) is 28.8. The van der Waals surface area contributed by atoms with Crippen molar-refractivity contribution in [1.82, 2.24) is 25.3 Å². The van der Waals surface area contributed by atoms with Crippen LogP contribution in [0.1, 0.15) is 10.5 Å². The first-order valence-corrected chi connectivity index (χ1v) is 13.0. The number of aliphatic hydroxyl groups excluding tert-OH is 1. The van der Waals surface area contributed by atoms with Crippen molar-refractivity contribution in [3.05, 3.63) is 84.6 Å². The van der Waals surface area contributed by atoms with Crippen LogP contribution in [0.5, 0.6) is 5.75 Å². The fourth-order valence-corrected chi connectivity index (χ4v) is 4.43. The standard InChI is InChI=1S/C28H30FN9O3/c29-24-18-32-28(34-26(24)37-12-10-36(11-13-37)14-15-39)38(30)35-27(41)25-9-8-22(17-31-25)33-21-6-4-19(5-7-21)20-2-1-3-23(40)16-20/h1-9,16-18,33,39-40H,10-15,30H2,(H,35,41). The molecule has 6 N–H and O–H groups in total. The Morgan fingerprint density at radius 1 is 0.976 bits per heavy atom. The number of phenols is 1. The lowest BCUT2D eigenvalue weighted by Gasteiger charge is -2.35. The Labute approximate surface area is 235 Å². The molecule has 0 atom stereocenters. The van der Waals surface area contributed by atoms with Crippen molar-refractivity contribution in [2.75, 3.05) is 54.7 Å². The number of amides is 1. The van der Waals surface area contributed by atoms with E-state index in [4.69, 9.17) is 10.9 Å². The average Bonchev–Trinajstić information content (AvgIpc) is 2.99. The van der Waals surface area contributed by atoms with Crippen molar-refractivity contribution in [3.63, 3.8) is 0 Å². The van der Waals surface area contributed by atoms with E-state index in [0.29, 0.717) is 38.4 Å². The van der Waals surface area contributed by atoms with E-state index in [9.17, 15) is 14.3 Å². The number of hydrogen-bond acceptors (Lipinski definition) is 11. The van der Waals surface area contributed by atoms with E-state index in [-0.39, 0.29) is 29.8 Å². The Morgan fingerprint density at radius 2 is 1.73 bits per heavy atom. The van der Waals surface area contributed by atoms with Gasteiger partial charge in [0, 0.05) is 38.4 Å². The number of nitrogens with two attached hydrogens (primary N) is 1. The first kappa shape index (κ1) is 27.7. The molecule has 2 aromatic heterocycles. The third kappa shape index (κ3) is 6.84. The van der Waals surface area contributed by atoms with Crippen LogP contribution < -0.4 is 26.6 Å². The summed E-state index contributed by atoms with van der Waals surface area (Å²) in [7, 11) is 0. The van der Waals surface area contributed by atoms with Gasteiger partial charge in [0.2, 0.25) is 0 Å². The fraction of sp³-hybridized carbons (Fsp3) is 0.214. The summed E-state index contributed by atoms with van der Waals surface area (Å²) in [6.07, 6.45) is 2.53. The molecular weight excluding hydrogens is 529 g/mol. The molecule has 4 aromatic rings. The number of carbonyl (C=O) groups excluding carboxylic acids is 1. The first-order chi connectivity index (χ1) is 19.9. The number of nitrogens with one attached hydrogen (secondary N) is 2. The fourth-order valence-electron chi connectivity index (χ4n) is 4.43. The molecule has 13 heteroatoms. The van der Waals surface area contributed by atoms with E-state index in [2.05, 4.69) is 30.6 Å². The Hall–Kier alpha value is -4.85. The second kappa shape index (κ2) is 12.6. The van der Waals surface area contributed by atoms with Gasteiger partial charge in [-0.1, -0.05) is 24.3 Å². The SMILES string of the molecule is NN(NC(=O)c1ccc(Nc2ccc(-c3cccc(O)c3)cc2)cn1)c1ncc(F)c(N2CCN(CCO)CC2)n1. The summed E-state index contributed by atoms with van der Waals surface area (Å²) in [5.41, 5.74) is 5.91. The van der Waals surface area contributed by atoms with Crippen LogP contribution in [-0.2, 0) is 0 Å². The highest BCUT2D eigenvalue weighted by Gasteiger charge is 2.22. The van der Waals surface area contributed by atoms with Gasteiger partial charge in [-0.05, 0) is 47.5 Å². The van der Waals surface area contributed by atoms with E-state index in [1.54, 1.807) is 29.2 Å². The Bertz CT molecular complexity index is 1480. The zero-order valence-electron chi connectivity index (χ0n) is 22.1. The van der Waals surface area contributed by atoms with Gasteiger partial charge in [0.1, 0.15) is 11.4 Å². The molecule has 0 unspecified atom stereocenters. The second-order valence-corrected chi connectivity index (χ2v) is 9.39. The molecule has 0 saturated carbocycles. The van der Waals surface area contributed by atoms with E-state index in [1.807, 2.05) is 30.3 Å². The van der Waals surface area contributed by atoms with Crippen molar-refractivity contribution in [2.24, 2.45) is 5.84 Å². The van der Waals surface area contributed by atoms with Crippen molar-refractivity contribution in [1.29, 1.82) is 0 Å². The van der Waals surface area contributed by atoms with Gasteiger partial charge >= 0.3 is 0 Å². The van der Waals surface area contributed by atoms with Crippen LogP contribution in [0, 0.1) is 5.82 Å². The number of carbonyl (C=O) groups is 1. The van der Waals surface area contributed by atoms with Gasteiger partial charge in [-0.2, -0.15) is 10.1 Å². The highest BCUT2D eigenvalue weighted by Crippen LogP contribution is 2.26. The Morgan fingerprint density at radius 3 is 2.41 bits per heavy atom. The molecule has 1 fully saturated rings. The average molecular weight is 560 g/mol. The summed E-state index contributed by atoms with van der Waals surface area (Å²) in [5, 5.41) is 22.9. The van der Waals surface area contributed by atoms with Gasteiger partial charge in [-0.25, -0.2) is 25.6 Å². The van der Waals surface area contributed by atoms with Gasteiger partial charge in [-0.15, -0.1) is 0 Å². The normalized spacial score (nSPS) is 13.6. The third-order valence-electron chi connectivity index (χ3n) is 6.59. The van der Waals surface area contributed by atoms with E-state index in [0.717, 1.165) is 28.1 Å². The van der Waals surface area contributed by atoms with Gasteiger partial charge in [0.05, 0.1) is 24.7 Å². The third-order valence-corrected chi connectivity index (χ3v) is 6.59. The molecule has 12 nitrogen and oxygen atoms in total. The minimum atomic E-state index is -0.596. The second-order valence-electron chi connectivity index (χ2n) is 9.39. The molecule has 0 radical (unpaired) electrons. The number of hydrazine groups is 2. The van der Waals surface area contributed by atoms with Crippen molar-refractivity contribution in [3.8, 4) is 16.9 Å². The van der Waals surface area contributed by atoms with E-state index in [1.165, 1.54) is 12.3 Å². The van der Waals surface area contributed by atoms with Gasteiger partial charge in [0.15, 0.2) is 11.6 Å². The molecular formula is C28H30FN9O3. The molecule has 1 saturated heterocycles. The van der Waals surface area contributed by atoms with Crippen LogP contribution in [0.4, 0.5) is 27.5 Å². The number of aromatic hydroxyl groups is 1. The number of anilines is 4. The lowest BCUT2D eigenvalue weighted by molar-refractivity contribution is 0.0943. The molecule has 1 aliphatic heterocycles. The molecule has 212 valence electrons. The number of rotatable bonds is 9. The predicted octanol–water partition coefficient (Wildman–Crippen LogP) is 2.27. The number of pyridine rings is 1. The highest BCUT2D eigenvalue weighted by molar-refractivity contribution is 5.93. The van der Waals surface area contributed by atoms with Crippen LogP contribution >= 0.6 is 0 Å². The number of β-amino-alcohol motifs (C(OH)–C–C–N with tert-alkyl or cyclic N) is 1. The van der Waals surface area contributed by atoms with Crippen molar-refractivity contribution >= 4 is 29.0 Å². The summed E-state index contributed by atoms with van der Waals surface area (Å²) in [5.74, 6) is 5.00. The number of benzene rings is 2. The van der Waals surface area contributed by atoms with Crippen LogP contribution in [-0.4, -0.2) is 75.3 Å². The van der Waals surface area contributed by atoms with Gasteiger partial charge in [-0.3, -0.25) is 9.69 Å². The lowest BCUT2D eigenvalue weighted by Crippen LogP contribution is -2.50. The van der Waals surface area contributed by atoms with Crippen LogP contribution in [0.2, 0.25) is 0 Å². The molecule has 2 aromatic carbocycles. The largest absolute Gasteiger partial charge is 0.508 e. The topological polar surface area (TPSA) is 156 Å². The number of piperazine rings is 1. The van der Waals surface area contributed by atoms with Crippen LogP contribution in [0.25, 0.3) is 11.1 Å². The summed E-state index contributed by atoms with van der Waals surface area (Å²) >= 11 is 0. The Kier molecular flexibility index (Phi) is 8.48. The molecule has 5 rings (SSSR count).